The molecule has 2 N–H and O–H groups in total. The maximum absolute atomic E-state index is 5.55. The van der Waals surface area contributed by atoms with Gasteiger partial charge in [0.05, 0.1) is 0 Å². The maximum atomic E-state index is 5.55. The normalized spacial score (nSPS) is 10.8. The fourth-order valence-corrected chi connectivity index (χ4v) is 3.76. The molecule has 0 unspecified atom stereocenters. The molecule has 2 nitrogen and oxygen atoms in total. The quantitative estimate of drug-likeness (QED) is 0.474. The predicted molar refractivity (Wildman–Crippen MR) is 49.5 cm³/mol. The van der Waals surface area contributed by atoms with E-state index in [2.05, 4.69) is 26.2 Å². The van der Waals surface area contributed by atoms with Crippen LogP contribution in [0, 0.1) is 0 Å². The van der Waals surface area contributed by atoms with Crippen molar-refractivity contribution < 1.29 is 0 Å². The summed E-state index contributed by atoms with van der Waals surface area (Å²) in [6.45, 7) is 2.26. The highest BCUT2D eigenvalue weighted by molar-refractivity contribution is 6.64. The van der Waals surface area contributed by atoms with Crippen molar-refractivity contribution in [3.63, 3.8) is 0 Å². The van der Waals surface area contributed by atoms with E-state index in [1.807, 2.05) is 0 Å². The van der Waals surface area contributed by atoms with Gasteiger partial charge in [0.15, 0.2) is 0 Å². The summed E-state index contributed by atoms with van der Waals surface area (Å²) >= 11 is 5.55. The minimum absolute atomic E-state index is 0.331. The highest BCUT2D eigenvalue weighted by atomic mass is 35.5. The van der Waals surface area contributed by atoms with Gasteiger partial charge in [0.25, 0.3) is 0 Å². The van der Waals surface area contributed by atoms with E-state index in [-0.39, 0.29) is 8.96 Å². The van der Waals surface area contributed by atoms with Crippen molar-refractivity contribution in [2.75, 3.05) is 5.88 Å². The van der Waals surface area contributed by atoms with Gasteiger partial charge in [-0.05, 0) is 12.5 Å². The second-order valence-corrected chi connectivity index (χ2v) is 6.64. The fraction of sp³-hybridized carbons (Fsp3) is 1.00. The molecule has 0 rings (SSSR count). The van der Waals surface area contributed by atoms with E-state index in [0.717, 1.165) is 12.3 Å². The van der Waals surface area contributed by atoms with E-state index in [1.165, 1.54) is 6.04 Å². The molecule has 0 amide bonds. The summed E-state index contributed by atoms with van der Waals surface area (Å²) < 4.78 is 6.27. The Kier molecular flexibility index (Phi) is 8.65. The molecular weight excluding hydrogens is 196 g/mol. The molecule has 0 atom stereocenters. The van der Waals surface area contributed by atoms with Gasteiger partial charge >= 0.3 is 0 Å². The molecule has 0 aromatic carbocycles. The van der Waals surface area contributed by atoms with E-state index in [1.54, 1.807) is 0 Å². The van der Waals surface area contributed by atoms with Gasteiger partial charge in [0, 0.05) is 5.88 Å². The van der Waals surface area contributed by atoms with Crippen molar-refractivity contribution in [1.82, 2.24) is 9.30 Å². The molecule has 0 aliphatic heterocycles. The lowest BCUT2D eigenvalue weighted by atomic mass is 10.6. The van der Waals surface area contributed by atoms with Gasteiger partial charge in [-0.25, -0.2) is 0 Å². The van der Waals surface area contributed by atoms with Gasteiger partial charge in [-0.15, -0.1) is 11.6 Å². The third-order valence-electron chi connectivity index (χ3n) is 1.02. The van der Waals surface area contributed by atoms with Crippen molar-refractivity contribution in [2.45, 2.75) is 19.0 Å². The Labute approximate surface area is 75.3 Å². The van der Waals surface area contributed by atoms with Gasteiger partial charge in [-0.2, -0.15) is 0 Å². The number of halogens is 1. The van der Waals surface area contributed by atoms with Crippen LogP contribution in [-0.2, 0) is 0 Å². The van der Waals surface area contributed by atoms with Crippen molar-refractivity contribution >= 4 is 40.8 Å². The summed E-state index contributed by atoms with van der Waals surface area (Å²) in [5, 5.41) is 0. The van der Waals surface area contributed by atoms with Gasteiger partial charge in [0.1, 0.15) is 19.4 Å². The van der Waals surface area contributed by atoms with Crippen molar-refractivity contribution in [2.24, 2.45) is 0 Å². The predicted octanol–water partition coefficient (Wildman–Crippen LogP) is 0.0335. The zero-order chi connectivity index (χ0) is 7.82. The lowest BCUT2D eigenvalue weighted by Crippen LogP contribution is -2.40. The maximum Gasteiger partial charge on any atom is 0.229 e. The first kappa shape index (κ1) is 10.9. The van der Waals surface area contributed by atoms with Crippen molar-refractivity contribution in [1.29, 1.82) is 0 Å². The SMILES string of the molecule is C[Si](CCCCl)N[Si]N[Si]. The fourth-order valence-electron chi connectivity index (χ4n) is 0.532. The average molecular weight is 207 g/mol. The smallest absolute Gasteiger partial charge is 0.229 e. The summed E-state index contributed by atoms with van der Waals surface area (Å²) in [6.07, 6.45) is 1.13. The van der Waals surface area contributed by atoms with E-state index < -0.39 is 0 Å². The molecule has 0 fully saturated rings. The molecule has 56 valence electrons. The molecule has 0 aliphatic rings. The molecule has 6 radical (unpaired) electrons. The molecule has 0 saturated heterocycles. The first-order valence-electron chi connectivity index (χ1n) is 3.12. The van der Waals surface area contributed by atoms with E-state index in [0.29, 0.717) is 9.84 Å². The monoisotopic (exact) mass is 206 g/mol. The average Bonchev–Trinajstić information content (AvgIpc) is 1.97. The van der Waals surface area contributed by atoms with Crippen LogP contribution in [0.25, 0.3) is 0 Å². The van der Waals surface area contributed by atoms with Crippen molar-refractivity contribution in [3.8, 4) is 0 Å². The molecule has 0 bridgehead atoms. The zero-order valence-electron chi connectivity index (χ0n) is 6.00. The number of alkyl halides is 1. The van der Waals surface area contributed by atoms with Crippen LogP contribution in [0.4, 0.5) is 0 Å². The molecule has 10 heavy (non-hydrogen) atoms. The number of hydrogen-bond donors (Lipinski definition) is 2. The highest BCUT2D eigenvalue weighted by Gasteiger charge is 2.01. The van der Waals surface area contributed by atoms with E-state index in [9.17, 15) is 0 Å². The van der Waals surface area contributed by atoms with Crippen molar-refractivity contribution in [3.05, 3.63) is 0 Å². The Hall–Kier alpha value is 0.861. The molecule has 0 heterocycles. The standard InChI is InChI=1S/C4H11ClN2Si3/c1-10(4-2-3-5)7-9-6-8/h6-7H,2-4H2,1H3. The second kappa shape index (κ2) is 7.96. The molecule has 0 aromatic heterocycles. The van der Waals surface area contributed by atoms with E-state index >= 15 is 0 Å². The minimum Gasteiger partial charge on any atom is -0.352 e. The molecule has 0 saturated carbocycles. The van der Waals surface area contributed by atoms with E-state index in [4.69, 9.17) is 11.6 Å². The molecular formula is C4H11ClN2Si3. The second-order valence-electron chi connectivity index (χ2n) is 1.95. The van der Waals surface area contributed by atoms with Crippen LogP contribution in [0.15, 0.2) is 0 Å². The van der Waals surface area contributed by atoms with Crippen LogP contribution in [0.2, 0.25) is 12.6 Å². The van der Waals surface area contributed by atoms with Crippen LogP contribution in [-0.4, -0.2) is 35.1 Å². The summed E-state index contributed by atoms with van der Waals surface area (Å²) in [5.41, 5.74) is 0. The van der Waals surface area contributed by atoms with Crippen LogP contribution in [0.1, 0.15) is 6.42 Å². The Morgan fingerprint density at radius 1 is 1.70 bits per heavy atom. The minimum atomic E-state index is -0.331. The molecule has 0 aliphatic carbocycles. The molecule has 0 spiro atoms. The topological polar surface area (TPSA) is 24.1 Å². The third kappa shape index (κ3) is 6.97. The molecule has 0 aromatic rings. The Balaban J connectivity index is 3.00. The molecule has 6 heteroatoms. The van der Waals surface area contributed by atoms with Gasteiger partial charge in [0.2, 0.25) is 9.84 Å². The Morgan fingerprint density at radius 3 is 2.90 bits per heavy atom. The van der Waals surface area contributed by atoms with Crippen LogP contribution < -0.4 is 9.30 Å². The summed E-state index contributed by atoms with van der Waals surface area (Å²) in [6, 6.07) is 1.25. The Bertz CT molecular complexity index is 67.5. The summed E-state index contributed by atoms with van der Waals surface area (Å²) in [7, 11) is 3.47. The summed E-state index contributed by atoms with van der Waals surface area (Å²) in [5.74, 6) is 0.786. The van der Waals surface area contributed by atoms with Crippen LogP contribution in [0.5, 0.6) is 0 Å². The third-order valence-corrected chi connectivity index (χ3v) is 5.10. The summed E-state index contributed by atoms with van der Waals surface area (Å²) in [4.78, 5) is 0. The first-order chi connectivity index (χ1) is 4.81. The van der Waals surface area contributed by atoms with Gasteiger partial charge in [-0.3, -0.25) is 0 Å². The Morgan fingerprint density at radius 2 is 2.40 bits per heavy atom. The lowest BCUT2D eigenvalue weighted by molar-refractivity contribution is 1.06. The highest BCUT2D eigenvalue weighted by Crippen LogP contribution is 1.95. The number of hydrogen-bond acceptors (Lipinski definition) is 2. The largest absolute Gasteiger partial charge is 0.352 e. The number of rotatable bonds is 6. The zero-order valence-corrected chi connectivity index (χ0v) is 9.76. The van der Waals surface area contributed by atoms with Gasteiger partial charge < -0.3 is 9.30 Å². The number of nitrogens with one attached hydrogen (secondary N) is 2. The van der Waals surface area contributed by atoms with Gasteiger partial charge in [-0.1, -0.05) is 6.55 Å². The lowest BCUT2D eigenvalue weighted by Gasteiger charge is -2.07. The van der Waals surface area contributed by atoms with Crippen LogP contribution >= 0.6 is 11.6 Å². The van der Waals surface area contributed by atoms with Crippen LogP contribution in [0.3, 0.4) is 0 Å². The first-order valence-corrected chi connectivity index (χ1v) is 7.36.